The fourth-order valence-corrected chi connectivity index (χ4v) is 4.28. The molecular formula is C27H33N3O3S2. The van der Waals surface area contributed by atoms with Crippen LogP contribution in [0.25, 0.3) is 0 Å². The maximum absolute atomic E-state index is 11.3. The summed E-state index contributed by atoms with van der Waals surface area (Å²) in [5.41, 5.74) is 2.98. The summed E-state index contributed by atoms with van der Waals surface area (Å²) in [4.78, 5) is 15.2. The summed E-state index contributed by atoms with van der Waals surface area (Å²) in [6, 6.07) is 17.7. The number of amides is 1. The van der Waals surface area contributed by atoms with Gasteiger partial charge in [0.05, 0.1) is 6.54 Å². The summed E-state index contributed by atoms with van der Waals surface area (Å²) >= 11 is 7.22. The van der Waals surface area contributed by atoms with Gasteiger partial charge in [-0.05, 0) is 53.5 Å². The maximum Gasteiger partial charge on any atom is 0.269 e. The summed E-state index contributed by atoms with van der Waals surface area (Å²) in [5.74, 6) is 1.40. The molecule has 1 amide bonds. The van der Waals surface area contributed by atoms with Crippen LogP contribution in [0.4, 0.5) is 11.4 Å². The SMILES string of the molecule is CC(=O)NCC(C)(C)c1ccc(OC(=S)N(C)c2cccc(OCCN(C)c3ccsc3)c2)cc1. The normalized spacial score (nSPS) is 11.0. The topological polar surface area (TPSA) is 54.0 Å². The van der Waals surface area contributed by atoms with Crippen molar-refractivity contribution in [2.75, 3.05) is 43.6 Å². The average Bonchev–Trinajstić information content (AvgIpc) is 3.38. The molecule has 0 radical (unpaired) electrons. The van der Waals surface area contributed by atoms with Gasteiger partial charge in [0.15, 0.2) is 0 Å². The van der Waals surface area contributed by atoms with E-state index < -0.39 is 0 Å². The van der Waals surface area contributed by atoms with E-state index in [4.69, 9.17) is 21.7 Å². The zero-order chi connectivity index (χ0) is 25.4. The summed E-state index contributed by atoms with van der Waals surface area (Å²) < 4.78 is 11.9. The van der Waals surface area contributed by atoms with E-state index in [1.807, 2.05) is 60.5 Å². The molecule has 8 heteroatoms. The third kappa shape index (κ3) is 7.70. The first kappa shape index (κ1) is 26.5. The van der Waals surface area contributed by atoms with Gasteiger partial charge in [0, 0.05) is 55.8 Å². The zero-order valence-corrected chi connectivity index (χ0v) is 22.5. The molecule has 0 unspecified atom stereocenters. The summed E-state index contributed by atoms with van der Waals surface area (Å²) in [6.45, 7) is 7.63. The highest BCUT2D eigenvalue weighted by atomic mass is 32.1. The fraction of sp³-hybridized carbons (Fsp3) is 0.333. The second-order valence-electron chi connectivity index (χ2n) is 8.99. The second-order valence-corrected chi connectivity index (χ2v) is 10.1. The van der Waals surface area contributed by atoms with Crippen molar-refractivity contribution in [2.24, 2.45) is 0 Å². The van der Waals surface area contributed by atoms with Crippen molar-refractivity contribution in [3.05, 3.63) is 70.9 Å². The van der Waals surface area contributed by atoms with Crippen LogP contribution in [-0.2, 0) is 10.2 Å². The fourth-order valence-electron chi connectivity index (χ4n) is 3.38. The van der Waals surface area contributed by atoms with Crippen LogP contribution in [0.3, 0.4) is 0 Å². The zero-order valence-electron chi connectivity index (χ0n) is 20.9. The largest absolute Gasteiger partial charge is 0.492 e. The summed E-state index contributed by atoms with van der Waals surface area (Å²) in [7, 11) is 3.93. The first-order valence-corrected chi connectivity index (χ1v) is 12.8. The summed E-state index contributed by atoms with van der Waals surface area (Å²) in [6.07, 6.45) is 0. The molecule has 0 saturated carbocycles. The van der Waals surface area contributed by atoms with E-state index in [2.05, 4.69) is 47.9 Å². The van der Waals surface area contributed by atoms with Crippen molar-refractivity contribution in [1.82, 2.24) is 5.32 Å². The van der Waals surface area contributed by atoms with E-state index in [0.29, 0.717) is 24.1 Å². The van der Waals surface area contributed by atoms with Gasteiger partial charge in [0.25, 0.3) is 5.17 Å². The van der Waals surface area contributed by atoms with Crippen LogP contribution in [0, 0.1) is 0 Å². The van der Waals surface area contributed by atoms with E-state index in [9.17, 15) is 4.79 Å². The number of anilines is 2. The lowest BCUT2D eigenvalue weighted by Crippen LogP contribution is -2.35. The van der Waals surface area contributed by atoms with Crippen LogP contribution in [0.15, 0.2) is 65.4 Å². The van der Waals surface area contributed by atoms with Crippen LogP contribution in [0.5, 0.6) is 11.5 Å². The highest BCUT2D eigenvalue weighted by Gasteiger charge is 2.21. The van der Waals surface area contributed by atoms with E-state index in [1.54, 1.807) is 11.3 Å². The van der Waals surface area contributed by atoms with Gasteiger partial charge >= 0.3 is 0 Å². The molecule has 0 bridgehead atoms. The Hall–Kier alpha value is -3.10. The number of thiophene rings is 1. The average molecular weight is 512 g/mol. The van der Waals surface area contributed by atoms with E-state index >= 15 is 0 Å². The van der Waals surface area contributed by atoms with Gasteiger partial charge in [-0.25, -0.2) is 0 Å². The number of benzene rings is 2. The first-order chi connectivity index (χ1) is 16.7. The Kier molecular flexibility index (Phi) is 9.12. The predicted octanol–water partition coefficient (Wildman–Crippen LogP) is 5.48. The van der Waals surface area contributed by atoms with Crippen molar-refractivity contribution >= 4 is 46.0 Å². The Morgan fingerprint density at radius 2 is 1.80 bits per heavy atom. The highest BCUT2D eigenvalue weighted by molar-refractivity contribution is 7.80. The monoisotopic (exact) mass is 511 g/mol. The highest BCUT2D eigenvalue weighted by Crippen LogP contribution is 2.26. The van der Waals surface area contributed by atoms with Crippen LogP contribution in [-0.4, -0.2) is 44.9 Å². The van der Waals surface area contributed by atoms with Gasteiger partial charge in [-0.15, -0.1) is 0 Å². The molecule has 6 nitrogen and oxygen atoms in total. The molecular weight excluding hydrogens is 478 g/mol. The number of likely N-dealkylation sites (N-methyl/N-ethyl adjacent to an activating group) is 1. The number of carbonyl (C=O) groups excluding carboxylic acids is 1. The van der Waals surface area contributed by atoms with Crippen LogP contribution < -0.4 is 24.6 Å². The molecule has 0 aliphatic heterocycles. The van der Waals surface area contributed by atoms with Crippen molar-refractivity contribution in [3.8, 4) is 11.5 Å². The maximum atomic E-state index is 11.3. The van der Waals surface area contributed by atoms with Crippen LogP contribution >= 0.6 is 23.6 Å². The van der Waals surface area contributed by atoms with Crippen molar-refractivity contribution in [3.63, 3.8) is 0 Å². The minimum atomic E-state index is -0.194. The number of ether oxygens (including phenoxy) is 2. The first-order valence-electron chi connectivity index (χ1n) is 11.4. The molecule has 0 aliphatic rings. The molecule has 1 N–H and O–H groups in total. The van der Waals surface area contributed by atoms with Crippen LogP contribution in [0.1, 0.15) is 26.3 Å². The molecule has 3 rings (SSSR count). The second kappa shape index (κ2) is 12.0. The van der Waals surface area contributed by atoms with Crippen molar-refractivity contribution in [1.29, 1.82) is 0 Å². The van der Waals surface area contributed by atoms with E-state index in [1.165, 1.54) is 12.6 Å². The van der Waals surface area contributed by atoms with E-state index in [-0.39, 0.29) is 11.3 Å². The van der Waals surface area contributed by atoms with Gasteiger partial charge in [-0.2, -0.15) is 11.3 Å². The minimum absolute atomic E-state index is 0.0356. The molecule has 0 saturated heterocycles. The van der Waals surface area contributed by atoms with Crippen molar-refractivity contribution < 1.29 is 14.3 Å². The number of hydrogen-bond acceptors (Lipinski definition) is 6. The van der Waals surface area contributed by atoms with E-state index in [0.717, 1.165) is 23.5 Å². The molecule has 1 aromatic heterocycles. The molecule has 0 atom stereocenters. The number of carbonyl (C=O) groups is 1. The smallest absolute Gasteiger partial charge is 0.269 e. The van der Waals surface area contributed by atoms with Gasteiger partial charge in [0.2, 0.25) is 5.91 Å². The predicted molar refractivity (Wildman–Crippen MR) is 149 cm³/mol. The van der Waals surface area contributed by atoms with Gasteiger partial charge in [0.1, 0.15) is 18.1 Å². The number of nitrogens with zero attached hydrogens (tertiary/aromatic N) is 2. The number of nitrogens with one attached hydrogen (secondary N) is 1. The number of rotatable bonds is 10. The van der Waals surface area contributed by atoms with Gasteiger partial charge in [-0.1, -0.05) is 32.0 Å². The molecule has 0 aliphatic carbocycles. The molecule has 35 heavy (non-hydrogen) atoms. The van der Waals surface area contributed by atoms with Crippen molar-refractivity contribution in [2.45, 2.75) is 26.2 Å². The lowest BCUT2D eigenvalue weighted by Gasteiger charge is -2.26. The quantitative estimate of drug-likeness (QED) is 0.364. The standard InChI is InChI=1S/C27H33N3O3S2/c1-20(31)28-19-27(2,3)21-9-11-24(12-10-21)33-26(34)30(5)22-7-6-8-25(17-22)32-15-14-29(4)23-13-16-35-18-23/h6-13,16-18H,14-15,19H2,1-5H3,(H,28,31). The third-order valence-corrected chi connectivity index (χ3v) is 6.77. The minimum Gasteiger partial charge on any atom is -0.492 e. The third-order valence-electron chi connectivity index (χ3n) is 5.74. The molecule has 186 valence electrons. The molecule has 3 aromatic rings. The Balaban J connectivity index is 1.55. The molecule has 0 fully saturated rings. The lowest BCUT2D eigenvalue weighted by atomic mass is 9.84. The van der Waals surface area contributed by atoms with Gasteiger partial charge < -0.3 is 24.6 Å². The van der Waals surface area contributed by atoms with Crippen LogP contribution in [0.2, 0.25) is 0 Å². The Bertz CT molecular complexity index is 1110. The number of hydrogen-bond donors (Lipinski definition) is 1. The Morgan fingerprint density at radius 3 is 2.46 bits per heavy atom. The Morgan fingerprint density at radius 1 is 1.06 bits per heavy atom. The molecule has 1 heterocycles. The molecule has 2 aromatic carbocycles. The Labute approximate surface area is 217 Å². The number of thiocarbonyl (C=S) groups is 1. The lowest BCUT2D eigenvalue weighted by molar-refractivity contribution is -0.119. The van der Waals surface area contributed by atoms with Gasteiger partial charge in [-0.3, -0.25) is 4.79 Å². The summed E-state index contributed by atoms with van der Waals surface area (Å²) in [5, 5.41) is 7.41. The molecule has 0 spiro atoms.